The van der Waals surface area contributed by atoms with Crippen LogP contribution in [0.15, 0.2) is 0 Å². The predicted octanol–water partition coefficient (Wildman–Crippen LogP) is 3.10. The molecular formula is C8H18INO2. The summed E-state index contributed by atoms with van der Waals surface area (Å²) in [6, 6.07) is 0. The number of rotatable bonds is 2. The zero-order chi connectivity index (χ0) is 9.99. The van der Waals surface area contributed by atoms with E-state index >= 15 is 0 Å². The van der Waals surface area contributed by atoms with Gasteiger partial charge in [0.2, 0.25) is 0 Å². The summed E-state index contributed by atoms with van der Waals surface area (Å²) in [6.07, 6.45) is 0. The lowest BCUT2D eigenvalue weighted by Gasteiger charge is -2.29. The third kappa shape index (κ3) is 8.70. The molecule has 0 amide bonds. The van der Waals surface area contributed by atoms with E-state index in [9.17, 15) is 0 Å². The van der Waals surface area contributed by atoms with Crippen molar-refractivity contribution >= 4 is 22.9 Å². The first-order chi connectivity index (χ1) is 5.10. The van der Waals surface area contributed by atoms with Crippen molar-refractivity contribution in [3.05, 3.63) is 0 Å². The largest absolute Gasteiger partial charge is 0.260 e. The van der Waals surface area contributed by atoms with E-state index in [0.29, 0.717) is 0 Å². The Balaban J connectivity index is 3.83. The molecule has 0 unspecified atom stereocenters. The Kier molecular flexibility index (Phi) is 4.43. The van der Waals surface area contributed by atoms with E-state index < -0.39 is 0 Å². The molecule has 0 aromatic heterocycles. The van der Waals surface area contributed by atoms with Gasteiger partial charge in [-0.1, -0.05) is 0 Å². The van der Waals surface area contributed by atoms with E-state index in [0.717, 1.165) is 0 Å². The summed E-state index contributed by atoms with van der Waals surface area (Å²) in [5.41, 5.74) is -0.432. The van der Waals surface area contributed by atoms with Gasteiger partial charge in [-0.25, -0.2) is 0 Å². The minimum absolute atomic E-state index is 0.216. The molecule has 0 aliphatic heterocycles. The lowest BCUT2D eigenvalue weighted by atomic mass is 10.2. The molecule has 0 saturated heterocycles. The van der Waals surface area contributed by atoms with Crippen LogP contribution >= 0.6 is 22.9 Å². The molecule has 0 N–H and O–H groups in total. The number of hydrogen-bond donors (Lipinski definition) is 0. The molecule has 0 atom stereocenters. The Hall–Kier alpha value is 0.610. The van der Waals surface area contributed by atoms with E-state index in [1.165, 1.54) is 3.44 Å². The fourth-order valence-corrected chi connectivity index (χ4v) is 1.63. The first-order valence-electron chi connectivity index (χ1n) is 3.94. The van der Waals surface area contributed by atoms with Crippen LogP contribution in [-0.2, 0) is 9.68 Å². The highest BCUT2D eigenvalue weighted by atomic mass is 127. The Bertz CT molecular complexity index is 121. The number of halogens is 1. The normalized spacial score (nSPS) is 14.0. The second kappa shape index (κ2) is 4.21. The van der Waals surface area contributed by atoms with Crippen LogP contribution in [0.4, 0.5) is 0 Å². The van der Waals surface area contributed by atoms with E-state index in [1.54, 1.807) is 0 Å². The molecule has 0 aromatic carbocycles. The second-order valence-electron chi connectivity index (χ2n) is 4.62. The topological polar surface area (TPSA) is 21.7 Å². The van der Waals surface area contributed by atoms with Gasteiger partial charge in [-0.3, -0.25) is 9.68 Å². The number of hydrogen-bond acceptors (Lipinski definition) is 3. The maximum atomic E-state index is 5.41. The van der Waals surface area contributed by atoms with Gasteiger partial charge in [-0.2, -0.15) is 0 Å². The van der Waals surface area contributed by atoms with Gasteiger partial charge in [0.15, 0.2) is 0 Å². The van der Waals surface area contributed by atoms with E-state index in [4.69, 9.17) is 9.68 Å². The standard InChI is InChI=1S/C8H18INO2/c1-7(2,3)11-10(9)12-8(4,5)6/h1-6H3. The third-order valence-electron chi connectivity index (χ3n) is 0.691. The molecule has 0 spiro atoms. The van der Waals surface area contributed by atoms with Gasteiger partial charge in [0, 0.05) is 0 Å². The molecular weight excluding hydrogens is 269 g/mol. The molecule has 0 bridgehead atoms. The Morgan fingerprint density at radius 1 is 0.833 bits per heavy atom. The molecule has 0 fully saturated rings. The summed E-state index contributed by atoms with van der Waals surface area (Å²) in [5, 5.41) is 0. The zero-order valence-electron chi connectivity index (χ0n) is 8.64. The van der Waals surface area contributed by atoms with Crippen LogP contribution in [0.3, 0.4) is 0 Å². The first kappa shape index (κ1) is 12.6. The Labute approximate surface area is 88.8 Å². The first-order valence-corrected chi connectivity index (χ1v) is 4.91. The predicted molar refractivity (Wildman–Crippen MR) is 57.5 cm³/mol. The monoisotopic (exact) mass is 287 g/mol. The van der Waals surface area contributed by atoms with Gasteiger partial charge in [0.1, 0.15) is 0 Å². The van der Waals surface area contributed by atoms with Gasteiger partial charge >= 0.3 is 0 Å². The minimum Gasteiger partial charge on any atom is -0.260 e. The highest BCUT2D eigenvalue weighted by molar-refractivity contribution is 14.1. The lowest BCUT2D eigenvalue weighted by Crippen LogP contribution is -2.33. The zero-order valence-corrected chi connectivity index (χ0v) is 10.8. The highest BCUT2D eigenvalue weighted by Crippen LogP contribution is 2.19. The molecule has 4 heteroatoms. The van der Waals surface area contributed by atoms with Crippen molar-refractivity contribution in [2.45, 2.75) is 52.7 Å². The van der Waals surface area contributed by atoms with Crippen molar-refractivity contribution in [3.63, 3.8) is 0 Å². The molecule has 0 rings (SSSR count). The molecule has 74 valence electrons. The highest BCUT2D eigenvalue weighted by Gasteiger charge is 2.21. The van der Waals surface area contributed by atoms with Crippen molar-refractivity contribution in [2.24, 2.45) is 0 Å². The molecule has 0 aliphatic carbocycles. The fourth-order valence-electron chi connectivity index (χ4n) is 0.449. The second-order valence-corrected chi connectivity index (χ2v) is 5.41. The van der Waals surface area contributed by atoms with Crippen molar-refractivity contribution < 1.29 is 9.68 Å². The van der Waals surface area contributed by atoms with Gasteiger partial charge in [0.05, 0.1) is 34.1 Å². The summed E-state index contributed by atoms with van der Waals surface area (Å²) in [4.78, 5) is 10.8. The fraction of sp³-hybridized carbons (Fsp3) is 1.00. The minimum atomic E-state index is -0.216. The summed E-state index contributed by atoms with van der Waals surface area (Å²) >= 11 is 1.98. The molecule has 0 aliphatic rings. The van der Waals surface area contributed by atoms with Crippen LogP contribution in [-0.4, -0.2) is 14.6 Å². The maximum absolute atomic E-state index is 5.41. The summed E-state index contributed by atoms with van der Waals surface area (Å²) < 4.78 is 1.39. The smallest absolute Gasteiger partial charge is 0.0866 e. The molecule has 12 heavy (non-hydrogen) atoms. The van der Waals surface area contributed by atoms with Crippen LogP contribution in [0.1, 0.15) is 41.5 Å². The van der Waals surface area contributed by atoms with Crippen LogP contribution < -0.4 is 0 Å². The summed E-state index contributed by atoms with van der Waals surface area (Å²) in [6.45, 7) is 11.9. The van der Waals surface area contributed by atoms with Crippen LogP contribution in [0.2, 0.25) is 0 Å². The molecule has 0 saturated carbocycles. The SMILES string of the molecule is CC(C)(C)ON(I)OC(C)(C)C. The van der Waals surface area contributed by atoms with Crippen LogP contribution in [0.5, 0.6) is 0 Å². The van der Waals surface area contributed by atoms with Gasteiger partial charge in [-0.05, 0) is 45.0 Å². The molecule has 3 nitrogen and oxygen atoms in total. The van der Waals surface area contributed by atoms with Crippen molar-refractivity contribution in [2.75, 3.05) is 0 Å². The van der Waals surface area contributed by atoms with Gasteiger partial charge in [-0.15, -0.1) is 0 Å². The van der Waals surface area contributed by atoms with Crippen molar-refractivity contribution in [3.8, 4) is 0 Å². The number of nitrogens with zero attached hydrogens (tertiary/aromatic N) is 1. The summed E-state index contributed by atoms with van der Waals surface area (Å²) in [5.74, 6) is 0. The van der Waals surface area contributed by atoms with Gasteiger partial charge < -0.3 is 0 Å². The maximum Gasteiger partial charge on any atom is 0.0866 e. The Morgan fingerprint density at radius 2 is 1.08 bits per heavy atom. The average molecular weight is 287 g/mol. The molecule has 0 aromatic rings. The third-order valence-corrected chi connectivity index (χ3v) is 1.09. The van der Waals surface area contributed by atoms with E-state index in [2.05, 4.69) is 0 Å². The Morgan fingerprint density at radius 3 is 1.25 bits per heavy atom. The van der Waals surface area contributed by atoms with E-state index in [-0.39, 0.29) is 11.2 Å². The summed E-state index contributed by atoms with van der Waals surface area (Å²) in [7, 11) is 0. The quantitative estimate of drug-likeness (QED) is 0.442. The van der Waals surface area contributed by atoms with Crippen LogP contribution in [0.25, 0.3) is 0 Å². The van der Waals surface area contributed by atoms with Crippen molar-refractivity contribution in [1.29, 1.82) is 0 Å². The molecule has 0 heterocycles. The average Bonchev–Trinajstić information content (AvgIpc) is 1.49. The molecule has 0 radical (unpaired) electrons. The van der Waals surface area contributed by atoms with E-state index in [1.807, 2.05) is 64.4 Å². The lowest BCUT2D eigenvalue weighted by molar-refractivity contribution is -0.349. The van der Waals surface area contributed by atoms with Gasteiger partial charge in [0.25, 0.3) is 0 Å². The van der Waals surface area contributed by atoms with Crippen molar-refractivity contribution in [1.82, 2.24) is 3.44 Å². The van der Waals surface area contributed by atoms with Crippen LogP contribution in [0, 0.1) is 0 Å².